The van der Waals surface area contributed by atoms with Crippen LogP contribution in [0, 0.1) is 5.82 Å². The number of halogens is 1. The zero-order valence-electron chi connectivity index (χ0n) is 15.4. The van der Waals surface area contributed by atoms with Crippen LogP contribution in [0.5, 0.6) is 0 Å². The van der Waals surface area contributed by atoms with Crippen molar-refractivity contribution in [3.63, 3.8) is 0 Å². The van der Waals surface area contributed by atoms with Gasteiger partial charge in [-0.3, -0.25) is 0 Å². The molecule has 4 aromatic rings. The largest absolute Gasteiger partial charge is 0.545 e. The Kier molecular flexibility index (Phi) is 4.43. The molecule has 0 radical (unpaired) electrons. The molecule has 0 saturated carbocycles. The van der Waals surface area contributed by atoms with Crippen LogP contribution in [-0.4, -0.2) is 11.0 Å². The molecule has 5 heteroatoms. The van der Waals surface area contributed by atoms with Crippen LogP contribution in [0.3, 0.4) is 0 Å². The lowest BCUT2D eigenvalue weighted by atomic mass is 10.0. The van der Waals surface area contributed by atoms with Gasteiger partial charge in [0.25, 0.3) is 0 Å². The second-order valence-electron chi connectivity index (χ2n) is 6.94. The van der Waals surface area contributed by atoms with Crippen molar-refractivity contribution >= 4 is 16.9 Å². The number of carbonyl (C=O) groups excluding carboxylic acids is 1. The van der Waals surface area contributed by atoms with E-state index in [0.717, 1.165) is 11.6 Å². The highest BCUT2D eigenvalue weighted by Crippen LogP contribution is 2.31. The second kappa shape index (κ2) is 6.93. The average molecular weight is 374 g/mol. The zero-order chi connectivity index (χ0) is 19.8. The Balaban J connectivity index is 1.77. The number of nitrogens with zero attached hydrogens (tertiary/aromatic N) is 1. The molecule has 4 nitrogen and oxygen atoms in total. The van der Waals surface area contributed by atoms with Crippen LogP contribution in [-0.2, 0) is 0 Å². The van der Waals surface area contributed by atoms with Crippen molar-refractivity contribution in [3.8, 4) is 22.8 Å². The molecule has 0 saturated heterocycles. The molecule has 28 heavy (non-hydrogen) atoms. The lowest BCUT2D eigenvalue weighted by Crippen LogP contribution is -2.22. The quantitative estimate of drug-likeness (QED) is 0.515. The summed E-state index contributed by atoms with van der Waals surface area (Å²) in [6.07, 6.45) is 0. The molecule has 4 rings (SSSR count). The minimum atomic E-state index is -1.39. The summed E-state index contributed by atoms with van der Waals surface area (Å²) in [5.41, 5.74) is 2.73. The molecule has 0 N–H and O–H groups in total. The molecule has 2 aromatic carbocycles. The van der Waals surface area contributed by atoms with Crippen LogP contribution in [0.4, 0.5) is 4.39 Å². The third-order valence-electron chi connectivity index (χ3n) is 4.71. The summed E-state index contributed by atoms with van der Waals surface area (Å²) in [7, 11) is 0. The van der Waals surface area contributed by atoms with Crippen LogP contribution in [0.25, 0.3) is 33.7 Å². The molecule has 0 unspecified atom stereocenters. The van der Waals surface area contributed by atoms with Crippen molar-refractivity contribution in [2.75, 3.05) is 0 Å². The molecule has 0 amide bonds. The molecule has 2 aromatic heterocycles. The second-order valence-corrected chi connectivity index (χ2v) is 6.94. The highest BCUT2D eigenvalue weighted by Gasteiger charge is 2.13. The summed E-state index contributed by atoms with van der Waals surface area (Å²) >= 11 is 0. The maximum Gasteiger partial charge on any atom is 0.153 e. The first-order valence-corrected chi connectivity index (χ1v) is 8.94. The number of pyridine rings is 1. The van der Waals surface area contributed by atoms with E-state index in [2.05, 4.69) is 31.0 Å². The maximum atomic E-state index is 13.5. The van der Waals surface area contributed by atoms with Gasteiger partial charge in [0.1, 0.15) is 17.3 Å². The van der Waals surface area contributed by atoms with E-state index in [-0.39, 0.29) is 10.9 Å². The van der Waals surface area contributed by atoms with Gasteiger partial charge in [-0.15, -0.1) is 0 Å². The number of carboxylic acid groups (broad SMARTS) is 1. The Bertz CT molecular complexity index is 1180. The molecule has 2 heterocycles. The third-order valence-corrected chi connectivity index (χ3v) is 4.71. The van der Waals surface area contributed by atoms with E-state index in [1.54, 1.807) is 6.07 Å². The number of fused-ring (bicyclic) bond motifs is 1. The van der Waals surface area contributed by atoms with Gasteiger partial charge in [-0.05, 0) is 47.9 Å². The number of aromatic nitrogens is 1. The predicted molar refractivity (Wildman–Crippen MR) is 103 cm³/mol. The van der Waals surface area contributed by atoms with Crippen LogP contribution in [0.15, 0.2) is 65.1 Å². The molecule has 0 aliphatic heterocycles. The van der Waals surface area contributed by atoms with Gasteiger partial charge >= 0.3 is 0 Å². The summed E-state index contributed by atoms with van der Waals surface area (Å²) < 4.78 is 19.4. The third kappa shape index (κ3) is 3.27. The lowest BCUT2D eigenvalue weighted by molar-refractivity contribution is -0.254. The molecule has 140 valence electrons. The summed E-state index contributed by atoms with van der Waals surface area (Å²) in [6, 6.07) is 16.8. The van der Waals surface area contributed by atoms with E-state index in [1.807, 2.05) is 18.2 Å². The van der Waals surface area contributed by atoms with Crippen LogP contribution in [0.2, 0.25) is 0 Å². The molecule has 0 aliphatic carbocycles. The Morgan fingerprint density at radius 2 is 1.71 bits per heavy atom. The van der Waals surface area contributed by atoms with E-state index in [9.17, 15) is 14.3 Å². The van der Waals surface area contributed by atoms with Crippen LogP contribution < -0.4 is 5.11 Å². The molecule has 0 aliphatic rings. The number of carboxylic acids is 1. The van der Waals surface area contributed by atoms with Crippen molar-refractivity contribution in [1.29, 1.82) is 0 Å². The van der Waals surface area contributed by atoms with Crippen molar-refractivity contribution in [2.45, 2.75) is 19.8 Å². The van der Waals surface area contributed by atoms with E-state index >= 15 is 0 Å². The molecule has 0 bridgehead atoms. The van der Waals surface area contributed by atoms with E-state index < -0.39 is 11.8 Å². The zero-order valence-corrected chi connectivity index (χ0v) is 15.4. The van der Waals surface area contributed by atoms with Gasteiger partial charge in [0.05, 0.1) is 11.5 Å². The Hall–Kier alpha value is -3.47. The SMILES string of the molecule is CC(C)c1ccc(-c2ccc(-c3cc(C(=O)[O-])c4cc(F)ccc4n3)o2)cc1. The number of aromatic carboxylic acids is 1. The first kappa shape index (κ1) is 17.9. The fraction of sp³-hybridized carbons (Fsp3) is 0.130. The molecule has 0 spiro atoms. The molecular weight excluding hydrogens is 357 g/mol. The van der Waals surface area contributed by atoms with Crippen LogP contribution >= 0.6 is 0 Å². The monoisotopic (exact) mass is 374 g/mol. The van der Waals surface area contributed by atoms with E-state index in [4.69, 9.17) is 4.42 Å². The van der Waals surface area contributed by atoms with Gasteiger partial charge in [-0.2, -0.15) is 0 Å². The number of rotatable bonds is 4. The minimum absolute atomic E-state index is 0.126. The van der Waals surface area contributed by atoms with Gasteiger partial charge < -0.3 is 14.3 Å². The highest BCUT2D eigenvalue weighted by molar-refractivity contribution is 6.02. The summed E-state index contributed by atoms with van der Waals surface area (Å²) in [5, 5.41) is 11.7. The Morgan fingerprint density at radius 1 is 1.00 bits per heavy atom. The number of benzene rings is 2. The van der Waals surface area contributed by atoms with Gasteiger partial charge in [0.15, 0.2) is 5.76 Å². The van der Waals surface area contributed by atoms with Crippen molar-refractivity contribution in [1.82, 2.24) is 4.98 Å². The summed E-state index contributed by atoms with van der Waals surface area (Å²) in [4.78, 5) is 16.0. The average Bonchev–Trinajstić information content (AvgIpc) is 3.17. The number of hydrogen-bond acceptors (Lipinski definition) is 4. The highest BCUT2D eigenvalue weighted by atomic mass is 19.1. The van der Waals surface area contributed by atoms with E-state index in [1.165, 1.54) is 23.8 Å². The summed E-state index contributed by atoms with van der Waals surface area (Å²) in [6.45, 7) is 4.26. The number of hydrogen-bond donors (Lipinski definition) is 0. The number of furan rings is 1. The Morgan fingerprint density at radius 3 is 2.39 bits per heavy atom. The van der Waals surface area contributed by atoms with Gasteiger partial charge in [0, 0.05) is 16.5 Å². The van der Waals surface area contributed by atoms with Crippen LogP contribution in [0.1, 0.15) is 35.7 Å². The molecular formula is C23H17FNO3-. The van der Waals surface area contributed by atoms with Gasteiger partial charge in [-0.25, -0.2) is 9.37 Å². The van der Waals surface area contributed by atoms with Gasteiger partial charge in [-0.1, -0.05) is 38.1 Å². The smallest absolute Gasteiger partial charge is 0.153 e. The molecule has 0 fully saturated rings. The van der Waals surface area contributed by atoms with E-state index in [0.29, 0.717) is 28.6 Å². The summed E-state index contributed by atoms with van der Waals surface area (Å²) in [5.74, 6) is -0.404. The Labute approximate surface area is 161 Å². The van der Waals surface area contributed by atoms with Crippen molar-refractivity contribution in [2.24, 2.45) is 0 Å². The number of carbonyl (C=O) groups is 1. The minimum Gasteiger partial charge on any atom is -0.545 e. The normalized spacial score (nSPS) is 11.3. The topological polar surface area (TPSA) is 66.2 Å². The lowest BCUT2D eigenvalue weighted by Gasteiger charge is -2.09. The first-order valence-electron chi connectivity index (χ1n) is 8.94. The van der Waals surface area contributed by atoms with Gasteiger partial charge in [0.2, 0.25) is 0 Å². The van der Waals surface area contributed by atoms with Crippen molar-refractivity contribution < 1.29 is 18.7 Å². The maximum absolute atomic E-state index is 13.5. The fourth-order valence-corrected chi connectivity index (χ4v) is 3.16. The first-order chi connectivity index (χ1) is 13.4. The molecule has 0 atom stereocenters. The predicted octanol–water partition coefficient (Wildman–Crippen LogP) is 4.79. The van der Waals surface area contributed by atoms with Crippen molar-refractivity contribution in [3.05, 3.63) is 77.6 Å². The standard InChI is InChI=1S/C23H18FNO3/c1-13(2)14-3-5-15(6-4-14)21-9-10-22(28-21)20-12-18(23(26)27)17-11-16(24)7-8-19(17)25-20/h3-13H,1-2H3,(H,26,27)/p-1. The fourth-order valence-electron chi connectivity index (χ4n) is 3.16.